The van der Waals surface area contributed by atoms with E-state index in [0.717, 1.165) is 5.56 Å². The molecule has 0 aliphatic carbocycles. The lowest BCUT2D eigenvalue weighted by molar-refractivity contribution is -0.302. The highest BCUT2D eigenvalue weighted by Gasteiger charge is 2.45. The quantitative estimate of drug-likeness (QED) is 0.461. The van der Waals surface area contributed by atoms with E-state index in [1.54, 1.807) is 0 Å². The van der Waals surface area contributed by atoms with Gasteiger partial charge in [0.15, 0.2) is 6.29 Å². The van der Waals surface area contributed by atoms with Crippen molar-refractivity contribution in [3.05, 3.63) is 46.3 Å². The fourth-order valence-corrected chi connectivity index (χ4v) is 2.31. The van der Waals surface area contributed by atoms with Crippen LogP contribution >= 0.6 is 0 Å². The second-order valence-corrected chi connectivity index (χ2v) is 4.93. The summed E-state index contributed by atoms with van der Waals surface area (Å²) in [6, 6.07) is 9.46. The Hall–Kier alpha value is -1.67. The normalized spacial score (nSPS) is 31.5. The number of rotatable bonds is 6. The summed E-state index contributed by atoms with van der Waals surface area (Å²) >= 11 is 0. The van der Waals surface area contributed by atoms with Crippen LogP contribution in [0.25, 0.3) is 10.4 Å². The van der Waals surface area contributed by atoms with Gasteiger partial charge in [0.25, 0.3) is 0 Å². The second-order valence-electron chi connectivity index (χ2n) is 4.93. The van der Waals surface area contributed by atoms with Crippen molar-refractivity contribution in [3.8, 4) is 0 Å². The van der Waals surface area contributed by atoms with Gasteiger partial charge < -0.3 is 24.4 Å². The molecule has 5 atom stereocenters. The van der Waals surface area contributed by atoms with E-state index in [1.165, 1.54) is 7.11 Å². The average molecular weight is 309 g/mol. The first-order valence-corrected chi connectivity index (χ1v) is 6.88. The van der Waals surface area contributed by atoms with Gasteiger partial charge in [-0.2, -0.15) is 0 Å². The van der Waals surface area contributed by atoms with Crippen LogP contribution in [0.4, 0.5) is 0 Å². The van der Waals surface area contributed by atoms with Crippen LogP contribution in [-0.4, -0.2) is 54.6 Å². The number of hydrogen-bond donors (Lipinski definition) is 2. The predicted molar refractivity (Wildman–Crippen MR) is 76.7 cm³/mol. The zero-order chi connectivity index (χ0) is 15.9. The summed E-state index contributed by atoms with van der Waals surface area (Å²) in [4.78, 5) is 2.63. The Morgan fingerprint density at radius 2 is 2.00 bits per heavy atom. The maximum absolute atomic E-state index is 10.1. The van der Waals surface area contributed by atoms with Gasteiger partial charge in [-0.15, -0.1) is 0 Å². The van der Waals surface area contributed by atoms with Crippen LogP contribution in [-0.2, 0) is 20.8 Å². The van der Waals surface area contributed by atoms with Crippen molar-refractivity contribution in [3.63, 3.8) is 0 Å². The van der Waals surface area contributed by atoms with Crippen molar-refractivity contribution in [2.45, 2.75) is 37.3 Å². The van der Waals surface area contributed by atoms with Crippen LogP contribution in [0.3, 0.4) is 0 Å². The number of benzene rings is 1. The molecule has 0 aromatic heterocycles. The van der Waals surface area contributed by atoms with Gasteiger partial charge in [0.1, 0.15) is 18.3 Å². The Kier molecular flexibility index (Phi) is 6.14. The highest BCUT2D eigenvalue weighted by molar-refractivity contribution is 5.13. The number of aliphatic hydroxyl groups excluding tert-OH is 2. The number of ether oxygens (including phenoxy) is 3. The van der Waals surface area contributed by atoms with E-state index >= 15 is 0 Å². The van der Waals surface area contributed by atoms with Crippen molar-refractivity contribution in [2.24, 2.45) is 5.11 Å². The monoisotopic (exact) mass is 309 g/mol. The molecule has 2 rings (SSSR count). The molecule has 120 valence electrons. The number of hydrogen-bond acceptors (Lipinski definition) is 6. The zero-order valence-electron chi connectivity index (χ0n) is 12.1. The molecule has 1 aliphatic heterocycles. The number of nitrogens with zero attached hydrogens (tertiary/aromatic N) is 3. The second kappa shape index (κ2) is 8.09. The molecule has 1 aliphatic rings. The first-order valence-electron chi connectivity index (χ1n) is 6.88. The lowest BCUT2D eigenvalue weighted by atomic mass is 9.99. The Morgan fingerprint density at radius 3 is 2.64 bits per heavy atom. The Morgan fingerprint density at radius 1 is 1.27 bits per heavy atom. The topological polar surface area (TPSA) is 117 Å². The molecule has 0 bridgehead atoms. The Bertz CT molecular complexity index is 508. The predicted octanol–water partition coefficient (Wildman–Crippen LogP) is 0.975. The van der Waals surface area contributed by atoms with Crippen molar-refractivity contribution in [1.29, 1.82) is 0 Å². The van der Waals surface area contributed by atoms with E-state index in [4.69, 9.17) is 19.7 Å². The molecule has 1 aromatic carbocycles. The summed E-state index contributed by atoms with van der Waals surface area (Å²) in [6.07, 6.45) is -4.97. The van der Waals surface area contributed by atoms with Gasteiger partial charge in [-0.25, -0.2) is 0 Å². The number of aliphatic hydroxyl groups is 2. The van der Waals surface area contributed by atoms with E-state index in [9.17, 15) is 10.2 Å². The van der Waals surface area contributed by atoms with Crippen LogP contribution in [0.1, 0.15) is 5.56 Å². The van der Waals surface area contributed by atoms with Gasteiger partial charge >= 0.3 is 0 Å². The minimum Gasteiger partial charge on any atom is -0.388 e. The van der Waals surface area contributed by atoms with Crippen LogP contribution in [0, 0.1) is 0 Å². The Balaban J connectivity index is 2.03. The van der Waals surface area contributed by atoms with Gasteiger partial charge in [-0.3, -0.25) is 0 Å². The third-order valence-electron chi connectivity index (χ3n) is 3.50. The molecule has 1 heterocycles. The summed E-state index contributed by atoms with van der Waals surface area (Å²) in [6.45, 7) is 0.165. The molecule has 0 radical (unpaired) electrons. The summed E-state index contributed by atoms with van der Waals surface area (Å²) in [5, 5.41) is 23.5. The molecule has 1 fully saturated rings. The van der Waals surface area contributed by atoms with E-state index < -0.39 is 30.7 Å². The summed E-state index contributed by atoms with van der Waals surface area (Å²) in [5.41, 5.74) is 9.31. The smallest absolute Gasteiger partial charge is 0.187 e. The first-order chi connectivity index (χ1) is 10.7. The third-order valence-corrected chi connectivity index (χ3v) is 3.50. The summed E-state index contributed by atoms with van der Waals surface area (Å²) in [5.74, 6) is 0. The highest BCUT2D eigenvalue weighted by Crippen LogP contribution is 2.25. The largest absolute Gasteiger partial charge is 0.388 e. The average Bonchev–Trinajstić information content (AvgIpc) is 2.55. The van der Waals surface area contributed by atoms with Gasteiger partial charge in [-0.05, 0) is 11.1 Å². The number of methoxy groups -OCH3 is 1. The molecule has 2 N–H and O–H groups in total. The van der Waals surface area contributed by atoms with Gasteiger partial charge in [0.2, 0.25) is 0 Å². The lowest BCUT2D eigenvalue weighted by Crippen LogP contribution is -2.59. The zero-order valence-corrected chi connectivity index (χ0v) is 12.1. The van der Waals surface area contributed by atoms with Crippen molar-refractivity contribution in [1.82, 2.24) is 0 Å². The molecule has 1 aromatic rings. The van der Waals surface area contributed by atoms with E-state index in [0.29, 0.717) is 0 Å². The minimum absolute atomic E-state index is 0.101. The summed E-state index contributed by atoms with van der Waals surface area (Å²) in [7, 11) is 1.40. The van der Waals surface area contributed by atoms with E-state index in [1.807, 2.05) is 30.3 Å². The lowest BCUT2D eigenvalue weighted by Gasteiger charge is -2.41. The molecular weight excluding hydrogens is 290 g/mol. The molecule has 8 nitrogen and oxygen atoms in total. The fraction of sp³-hybridized carbons (Fsp3) is 0.571. The molecule has 1 unspecified atom stereocenters. The summed E-state index contributed by atoms with van der Waals surface area (Å²) < 4.78 is 16.4. The van der Waals surface area contributed by atoms with Crippen LogP contribution in [0.2, 0.25) is 0 Å². The molecule has 0 saturated carbocycles. The standard InChI is InChI=1S/C14H19N3O5/c1-20-13-12(19)11(18)10(7-16-17-15)22-14(13)21-8-9-5-3-2-4-6-9/h2-6,10-14,18-19H,7-8H2,1H3/t10-,11+,12+,13-,14?/m1/s1. The molecular formula is C14H19N3O5. The van der Waals surface area contributed by atoms with Gasteiger partial charge in [0, 0.05) is 12.0 Å². The van der Waals surface area contributed by atoms with Crippen molar-refractivity contribution < 1.29 is 24.4 Å². The minimum atomic E-state index is -1.22. The van der Waals surface area contributed by atoms with Crippen molar-refractivity contribution >= 4 is 0 Å². The highest BCUT2D eigenvalue weighted by atomic mass is 16.7. The Labute approximate surface area is 127 Å². The van der Waals surface area contributed by atoms with Crippen LogP contribution in [0.5, 0.6) is 0 Å². The molecule has 0 amide bonds. The van der Waals surface area contributed by atoms with Gasteiger partial charge in [-0.1, -0.05) is 35.4 Å². The number of azide groups is 1. The van der Waals surface area contributed by atoms with E-state index in [-0.39, 0.29) is 13.2 Å². The van der Waals surface area contributed by atoms with Crippen molar-refractivity contribution in [2.75, 3.05) is 13.7 Å². The molecule has 0 spiro atoms. The van der Waals surface area contributed by atoms with Crippen LogP contribution in [0.15, 0.2) is 35.4 Å². The van der Waals surface area contributed by atoms with Gasteiger partial charge in [0.05, 0.1) is 19.3 Å². The first kappa shape index (κ1) is 16.7. The van der Waals surface area contributed by atoms with Crippen LogP contribution < -0.4 is 0 Å². The maximum Gasteiger partial charge on any atom is 0.187 e. The molecule has 1 saturated heterocycles. The molecule has 8 heteroatoms. The third kappa shape index (κ3) is 3.95. The SMILES string of the molecule is CO[C@H]1C(OCc2ccccc2)O[C@H](CN=[N+]=[N-])[C@H](O)[C@@H]1O. The fourth-order valence-electron chi connectivity index (χ4n) is 2.31. The molecule has 22 heavy (non-hydrogen) atoms. The maximum atomic E-state index is 10.1. The van der Waals surface area contributed by atoms with E-state index in [2.05, 4.69) is 10.0 Å².